The molecule has 2 rings (SSSR count). The summed E-state index contributed by atoms with van der Waals surface area (Å²) in [5, 5.41) is 10.2. The van der Waals surface area contributed by atoms with Crippen LogP contribution in [-0.4, -0.2) is 30.1 Å². The molecular weight excluding hydrogens is 285 g/mol. The maximum Gasteiger partial charge on any atom is 0.256 e. The molecule has 0 aliphatic rings. The Kier molecular flexibility index (Phi) is 5.12. The number of carbonyl (C=O) groups is 1. The SMILES string of the molecule is COc1cccc(C(O)C(=O)N(C)Cc2cccc(F)c2)c1. The van der Waals surface area contributed by atoms with Gasteiger partial charge in [-0.25, -0.2) is 4.39 Å². The number of aliphatic hydroxyl groups is 1. The molecule has 5 heteroatoms. The van der Waals surface area contributed by atoms with Crippen LogP contribution in [0.25, 0.3) is 0 Å². The lowest BCUT2D eigenvalue weighted by molar-refractivity contribution is -0.139. The Bertz CT molecular complexity index is 660. The van der Waals surface area contributed by atoms with Crippen LogP contribution in [0.5, 0.6) is 5.75 Å². The van der Waals surface area contributed by atoms with E-state index in [-0.39, 0.29) is 12.4 Å². The molecule has 22 heavy (non-hydrogen) atoms. The number of rotatable bonds is 5. The molecule has 2 aromatic rings. The van der Waals surface area contributed by atoms with Crippen LogP contribution in [0.4, 0.5) is 4.39 Å². The molecule has 0 aromatic heterocycles. The summed E-state index contributed by atoms with van der Waals surface area (Å²) in [4.78, 5) is 13.6. The van der Waals surface area contributed by atoms with Gasteiger partial charge in [-0.2, -0.15) is 0 Å². The third kappa shape index (κ3) is 3.83. The fourth-order valence-corrected chi connectivity index (χ4v) is 2.15. The zero-order valence-corrected chi connectivity index (χ0v) is 12.5. The summed E-state index contributed by atoms with van der Waals surface area (Å²) in [7, 11) is 3.08. The quantitative estimate of drug-likeness (QED) is 0.923. The van der Waals surface area contributed by atoms with Crippen molar-refractivity contribution in [3.8, 4) is 5.75 Å². The molecule has 1 amide bonds. The highest BCUT2D eigenvalue weighted by atomic mass is 19.1. The number of benzene rings is 2. The van der Waals surface area contributed by atoms with E-state index in [4.69, 9.17) is 4.74 Å². The van der Waals surface area contributed by atoms with Crippen molar-refractivity contribution in [1.82, 2.24) is 4.90 Å². The smallest absolute Gasteiger partial charge is 0.256 e. The Morgan fingerprint density at radius 1 is 1.27 bits per heavy atom. The third-order valence-electron chi connectivity index (χ3n) is 3.33. The molecule has 0 saturated carbocycles. The summed E-state index contributed by atoms with van der Waals surface area (Å²) >= 11 is 0. The lowest BCUT2D eigenvalue weighted by Crippen LogP contribution is -2.31. The van der Waals surface area contributed by atoms with Gasteiger partial charge in [-0.1, -0.05) is 24.3 Å². The van der Waals surface area contributed by atoms with E-state index < -0.39 is 12.0 Å². The van der Waals surface area contributed by atoms with Crippen molar-refractivity contribution in [2.24, 2.45) is 0 Å². The first-order valence-corrected chi connectivity index (χ1v) is 6.82. The van der Waals surface area contributed by atoms with E-state index in [0.29, 0.717) is 16.9 Å². The molecule has 0 saturated heterocycles. The molecule has 0 bridgehead atoms. The van der Waals surface area contributed by atoms with Gasteiger partial charge in [0.15, 0.2) is 6.10 Å². The van der Waals surface area contributed by atoms with Crippen molar-refractivity contribution in [2.45, 2.75) is 12.6 Å². The zero-order valence-electron chi connectivity index (χ0n) is 12.5. The number of likely N-dealkylation sites (N-methyl/N-ethyl adjacent to an activating group) is 1. The number of hydrogen-bond donors (Lipinski definition) is 1. The third-order valence-corrected chi connectivity index (χ3v) is 3.33. The first kappa shape index (κ1) is 16.0. The van der Waals surface area contributed by atoms with E-state index in [1.165, 1.54) is 24.1 Å². The number of ether oxygens (including phenoxy) is 1. The molecule has 0 radical (unpaired) electrons. The molecule has 1 N–H and O–H groups in total. The topological polar surface area (TPSA) is 49.8 Å². The summed E-state index contributed by atoms with van der Waals surface area (Å²) in [5.74, 6) is -0.249. The molecule has 4 nitrogen and oxygen atoms in total. The summed E-state index contributed by atoms with van der Waals surface area (Å²) in [6.07, 6.45) is -1.28. The fraction of sp³-hybridized carbons (Fsp3) is 0.235. The minimum absolute atomic E-state index is 0.220. The molecule has 0 heterocycles. The molecule has 116 valence electrons. The number of aliphatic hydroxyl groups excluding tert-OH is 1. The molecule has 0 fully saturated rings. The summed E-state index contributed by atoms with van der Waals surface area (Å²) in [6, 6.07) is 12.7. The van der Waals surface area contributed by atoms with Crippen molar-refractivity contribution in [3.05, 3.63) is 65.5 Å². The lowest BCUT2D eigenvalue weighted by atomic mass is 10.1. The van der Waals surface area contributed by atoms with Crippen LogP contribution < -0.4 is 4.74 Å². The Morgan fingerprint density at radius 2 is 2.00 bits per heavy atom. The molecular formula is C17H18FNO3. The minimum Gasteiger partial charge on any atom is -0.497 e. The maximum atomic E-state index is 13.2. The molecule has 0 aliphatic carbocycles. The molecule has 1 unspecified atom stereocenters. The van der Waals surface area contributed by atoms with Crippen LogP contribution >= 0.6 is 0 Å². The van der Waals surface area contributed by atoms with Gasteiger partial charge < -0.3 is 14.7 Å². The van der Waals surface area contributed by atoms with Gasteiger partial charge in [0.1, 0.15) is 11.6 Å². The number of nitrogens with zero attached hydrogens (tertiary/aromatic N) is 1. The molecule has 0 aliphatic heterocycles. The van der Waals surface area contributed by atoms with Crippen LogP contribution in [0.3, 0.4) is 0 Å². The van der Waals surface area contributed by atoms with Gasteiger partial charge >= 0.3 is 0 Å². The fourth-order valence-electron chi connectivity index (χ4n) is 2.15. The first-order chi connectivity index (χ1) is 10.5. The van der Waals surface area contributed by atoms with Gasteiger partial charge in [-0.15, -0.1) is 0 Å². The summed E-state index contributed by atoms with van der Waals surface area (Å²) in [6.45, 7) is 0.220. The lowest BCUT2D eigenvalue weighted by Gasteiger charge is -2.21. The van der Waals surface area contributed by atoms with Crippen LogP contribution in [0.2, 0.25) is 0 Å². The van der Waals surface area contributed by atoms with Crippen molar-refractivity contribution < 1.29 is 19.0 Å². The van der Waals surface area contributed by atoms with Crippen molar-refractivity contribution in [3.63, 3.8) is 0 Å². The molecule has 1 atom stereocenters. The van der Waals surface area contributed by atoms with Crippen LogP contribution in [0.1, 0.15) is 17.2 Å². The van der Waals surface area contributed by atoms with E-state index in [1.54, 1.807) is 43.4 Å². The van der Waals surface area contributed by atoms with Gasteiger partial charge in [0.05, 0.1) is 7.11 Å². The maximum absolute atomic E-state index is 13.2. The van der Waals surface area contributed by atoms with Crippen molar-refractivity contribution >= 4 is 5.91 Å². The second-order valence-electron chi connectivity index (χ2n) is 5.00. The van der Waals surface area contributed by atoms with Gasteiger partial charge in [-0.05, 0) is 35.4 Å². The van der Waals surface area contributed by atoms with Crippen molar-refractivity contribution in [1.29, 1.82) is 0 Å². The second-order valence-corrected chi connectivity index (χ2v) is 5.00. The standard InChI is InChI=1S/C17H18FNO3/c1-19(11-12-5-3-7-14(18)9-12)17(21)16(20)13-6-4-8-15(10-13)22-2/h3-10,16,20H,11H2,1-2H3. The average molecular weight is 303 g/mol. The number of hydrogen-bond acceptors (Lipinski definition) is 3. The van der Waals surface area contributed by atoms with Crippen LogP contribution in [0, 0.1) is 5.82 Å². The van der Waals surface area contributed by atoms with Gasteiger partial charge in [-0.3, -0.25) is 4.79 Å². The molecule has 2 aromatic carbocycles. The number of halogens is 1. The highest BCUT2D eigenvalue weighted by Crippen LogP contribution is 2.21. The number of carbonyl (C=O) groups excluding carboxylic acids is 1. The Hall–Kier alpha value is -2.40. The Balaban J connectivity index is 2.09. The minimum atomic E-state index is -1.28. The summed E-state index contributed by atoms with van der Waals surface area (Å²) in [5.41, 5.74) is 1.11. The summed E-state index contributed by atoms with van der Waals surface area (Å²) < 4.78 is 18.2. The molecule has 0 spiro atoms. The monoisotopic (exact) mass is 303 g/mol. The second kappa shape index (κ2) is 7.04. The average Bonchev–Trinajstić information content (AvgIpc) is 2.53. The van der Waals surface area contributed by atoms with E-state index in [2.05, 4.69) is 0 Å². The first-order valence-electron chi connectivity index (χ1n) is 6.82. The number of amides is 1. The zero-order chi connectivity index (χ0) is 16.1. The normalized spacial score (nSPS) is 11.8. The van der Waals surface area contributed by atoms with Crippen LogP contribution in [-0.2, 0) is 11.3 Å². The van der Waals surface area contributed by atoms with Gasteiger partial charge in [0, 0.05) is 13.6 Å². The van der Waals surface area contributed by atoms with Gasteiger partial charge in [0.25, 0.3) is 5.91 Å². The highest BCUT2D eigenvalue weighted by molar-refractivity contribution is 5.82. The predicted molar refractivity (Wildman–Crippen MR) is 80.8 cm³/mol. The van der Waals surface area contributed by atoms with Crippen LogP contribution in [0.15, 0.2) is 48.5 Å². The number of methoxy groups -OCH3 is 1. The Morgan fingerprint density at radius 3 is 2.68 bits per heavy atom. The largest absolute Gasteiger partial charge is 0.497 e. The van der Waals surface area contributed by atoms with Crippen molar-refractivity contribution in [2.75, 3.05) is 14.2 Å². The predicted octanol–water partition coefficient (Wildman–Crippen LogP) is 2.53. The van der Waals surface area contributed by atoms with Gasteiger partial charge in [0.2, 0.25) is 0 Å². The van der Waals surface area contributed by atoms with E-state index >= 15 is 0 Å². The Labute approximate surface area is 128 Å². The van der Waals surface area contributed by atoms with E-state index in [0.717, 1.165) is 0 Å². The van der Waals surface area contributed by atoms with E-state index in [9.17, 15) is 14.3 Å². The highest BCUT2D eigenvalue weighted by Gasteiger charge is 2.21. The van der Waals surface area contributed by atoms with E-state index in [1.807, 2.05) is 0 Å².